The zero-order chi connectivity index (χ0) is 30.3. The van der Waals surface area contributed by atoms with Gasteiger partial charge in [0.25, 0.3) is 0 Å². The van der Waals surface area contributed by atoms with Crippen LogP contribution >= 0.6 is 0 Å². The summed E-state index contributed by atoms with van der Waals surface area (Å²) in [6, 6.07) is 6.06. The van der Waals surface area contributed by atoms with E-state index in [1.165, 1.54) is 4.90 Å². The third-order valence-electron chi connectivity index (χ3n) is 7.85. The summed E-state index contributed by atoms with van der Waals surface area (Å²) in [7, 11) is 1.55. The van der Waals surface area contributed by atoms with Gasteiger partial charge in [-0.05, 0) is 90.6 Å². The second-order valence-electron chi connectivity index (χ2n) is 11.4. The quantitative estimate of drug-likeness (QED) is 0.337. The van der Waals surface area contributed by atoms with Crippen molar-refractivity contribution < 1.29 is 45.7 Å². The Hall–Kier alpha value is -3.21. The molecule has 224 valence electrons. The topological polar surface area (TPSA) is 59.0 Å². The zero-order valence-electron chi connectivity index (χ0n) is 23.2. The molecule has 4 rings (SSSR count). The number of benzene rings is 2. The smallest absolute Gasteiger partial charge is 0.416 e. The number of halogens is 6. The molecule has 1 fully saturated rings. The summed E-state index contributed by atoms with van der Waals surface area (Å²) >= 11 is 0. The van der Waals surface area contributed by atoms with Crippen molar-refractivity contribution in [3.05, 3.63) is 69.8 Å². The van der Waals surface area contributed by atoms with E-state index < -0.39 is 41.7 Å². The van der Waals surface area contributed by atoms with E-state index >= 15 is 0 Å². The fraction of sp³-hybridized carbons (Fsp3) is 0.500. The number of carbonyl (C=O) groups is 1. The summed E-state index contributed by atoms with van der Waals surface area (Å²) in [6.45, 7) is 5.81. The highest BCUT2D eigenvalue weighted by molar-refractivity contribution is 5.77. The van der Waals surface area contributed by atoms with E-state index in [1.54, 1.807) is 14.0 Å². The van der Waals surface area contributed by atoms with Crippen LogP contribution in [0.2, 0.25) is 0 Å². The summed E-state index contributed by atoms with van der Waals surface area (Å²) in [6.07, 6.45) is -9.59. The Kier molecular flexibility index (Phi) is 8.42. The molecule has 1 saturated heterocycles. The molecule has 41 heavy (non-hydrogen) atoms. The van der Waals surface area contributed by atoms with Crippen LogP contribution in [0.4, 0.5) is 31.1 Å². The standard InChI is InChI=1S/C30H33F6NO4/c1-17-26(19-12-21(29(31,32)33)14-22(13-19)30(34,35)36)41-27(39)37(17)16-20-15-28(2,3)9-7-23(20)24-11-18(8-10-38)5-6-25(24)40-4/h5-6,11-14,17,26,38H,7-10,15-16H2,1-4H3/t17-,26-/m0/s1. The zero-order valence-corrected chi connectivity index (χ0v) is 23.2. The second-order valence-corrected chi connectivity index (χ2v) is 11.4. The molecule has 1 heterocycles. The Morgan fingerprint density at radius 1 is 1.05 bits per heavy atom. The van der Waals surface area contributed by atoms with Gasteiger partial charge < -0.3 is 14.6 Å². The molecule has 2 atom stereocenters. The largest absolute Gasteiger partial charge is 0.496 e. The number of alkyl halides is 6. The van der Waals surface area contributed by atoms with Crippen LogP contribution in [0.3, 0.4) is 0 Å². The maximum Gasteiger partial charge on any atom is 0.416 e. The van der Waals surface area contributed by atoms with Gasteiger partial charge in [0.1, 0.15) is 11.9 Å². The Bertz CT molecular complexity index is 1300. The van der Waals surface area contributed by atoms with Crippen molar-refractivity contribution >= 4 is 11.7 Å². The van der Waals surface area contributed by atoms with Crippen molar-refractivity contribution in [2.24, 2.45) is 5.41 Å². The first-order valence-electron chi connectivity index (χ1n) is 13.3. The highest BCUT2D eigenvalue weighted by Crippen LogP contribution is 2.46. The van der Waals surface area contributed by atoms with Gasteiger partial charge in [-0.15, -0.1) is 0 Å². The van der Waals surface area contributed by atoms with Crippen molar-refractivity contribution in [3.8, 4) is 5.75 Å². The van der Waals surface area contributed by atoms with Crippen molar-refractivity contribution in [3.63, 3.8) is 0 Å². The molecule has 0 bridgehead atoms. The Labute approximate surface area is 234 Å². The number of amides is 1. The monoisotopic (exact) mass is 585 g/mol. The Morgan fingerprint density at radius 3 is 2.24 bits per heavy atom. The Balaban J connectivity index is 1.73. The van der Waals surface area contributed by atoms with E-state index in [1.807, 2.05) is 18.2 Å². The third-order valence-corrected chi connectivity index (χ3v) is 7.85. The molecule has 2 aromatic carbocycles. The molecule has 5 nitrogen and oxygen atoms in total. The lowest BCUT2D eigenvalue weighted by Gasteiger charge is -2.36. The molecule has 0 spiro atoms. The fourth-order valence-electron chi connectivity index (χ4n) is 5.67. The number of rotatable bonds is 7. The highest BCUT2D eigenvalue weighted by atomic mass is 19.4. The first-order valence-corrected chi connectivity index (χ1v) is 13.3. The van der Waals surface area contributed by atoms with Gasteiger partial charge in [-0.2, -0.15) is 26.3 Å². The number of allylic oxidation sites excluding steroid dienone is 1. The average Bonchev–Trinajstić information content (AvgIpc) is 3.15. The first-order chi connectivity index (χ1) is 19.0. The first kappa shape index (κ1) is 30.7. The average molecular weight is 586 g/mol. The van der Waals surface area contributed by atoms with E-state index in [2.05, 4.69) is 13.8 Å². The number of methoxy groups -OCH3 is 1. The molecule has 1 amide bonds. The molecule has 11 heteroatoms. The van der Waals surface area contributed by atoms with Gasteiger partial charge in [0.2, 0.25) is 0 Å². The predicted octanol–water partition coefficient (Wildman–Crippen LogP) is 7.81. The SMILES string of the molecule is COc1ccc(CCO)cc1C1=C(CN2C(=O)O[C@H](c3cc(C(F)(F)F)cc(C(F)(F)F)c3)[C@@H]2C)CC(C)(C)CC1. The van der Waals surface area contributed by atoms with Crippen LogP contribution in [0.15, 0.2) is 42.0 Å². The van der Waals surface area contributed by atoms with Gasteiger partial charge >= 0.3 is 18.4 Å². The van der Waals surface area contributed by atoms with Crippen LogP contribution in [0.5, 0.6) is 5.75 Å². The second kappa shape index (κ2) is 11.2. The van der Waals surface area contributed by atoms with E-state index in [4.69, 9.17) is 9.47 Å². The van der Waals surface area contributed by atoms with E-state index in [0.717, 1.165) is 28.7 Å². The van der Waals surface area contributed by atoms with Crippen LogP contribution in [-0.4, -0.2) is 42.4 Å². The molecule has 2 aliphatic rings. The van der Waals surface area contributed by atoms with Crippen molar-refractivity contribution in [1.82, 2.24) is 4.90 Å². The molecule has 1 aliphatic heterocycles. The van der Waals surface area contributed by atoms with Gasteiger partial charge in [0.05, 0.1) is 24.3 Å². The minimum Gasteiger partial charge on any atom is -0.496 e. The fourth-order valence-corrected chi connectivity index (χ4v) is 5.67. The number of nitrogens with zero attached hydrogens (tertiary/aromatic N) is 1. The van der Waals surface area contributed by atoms with Crippen LogP contribution in [-0.2, 0) is 23.5 Å². The van der Waals surface area contributed by atoms with E-state index in [-0.39, 0.29) is 30.2 Å². The predicted molar refractivity (Wildman–Crippen MR) is 140 cm³/mol. The maximum absolute atomic E-state index is 13.5. The molecule has 0 saturated carbocycles. The molecule has 0 aromatic heterocycles. The molecule has 2 aromatic rings. The number of cyclic esters (lactones) is 1. The number of hydrogen-bond acceptors (Lipinski definition) is 4. The summed E-state index contributed by atoms with van der Waals surface area (Å²) in [5, 5.41) is 9.43. The lowest BCUT2D eigenvalue weighted by molar-refractivity contribution is -0.143. The van der Waals surface area contributed by atoms with Crippen LogP contribution in [0.25, 0.3) is 5.57 Å². The van der Waals surface area contributed by atoms with Gasteiger partial charge in [-0.1, -0.05) is 19.9 Å². The van der Waals surface area contributed by atoms with Gasteiger partial charge in [0.15, 0.2) is 0 Å². The Morgan fingerprint density at radius 2 is 1.68 bits per heavy atom. The van der Waals surface area contributed by atoms with E-state index in [0.29, 0.717) is 37.1 Å². The summed E-state index contributed by atoms with van der Waals surface area (Å²) in [5.41, 5.74) is 0.201. The number of aliphatic hydroxyl groups excluding tert-OH is 1. The molecule has 0 unspecified atom stereocenters. The number of hydrogen-bond donors (Lipinski definition) is 1. The van der Waals surface area contributed by atoms with Gasteiger partial charge in [-0.3, -0.25) is 4.90 Å². The third kappa shape index (κ3) is 6.66. The summed E-state index contributed by atoms with van der Waals surface area (Å²) in [4.78, 5) is 14.4. The molecule has 0 radical (unpaired) electrons. The van der Waals surface area contributed by atoms with Crippen LogP contribution in [0.1, 0.15) is 74.0 Å². The van der Waals surface area contributed by atoms with Crippen LogP contribution in [0, 0.1) is 5.41 Å². The van der Waals surface area contributed by atoms with Crippen molar-refractivity contribution in [1.29, 1.82) is 0 Å². The van der Waals surface area contributed by atoms with Crippen LogP contribution < -0.4 is 4.74 Å². The molecule has 1 N–H and O–H groups in total. The lowest BCUT2D eigenvalue weighted by atomic mass is 9.72. The highest BCUT2D eigenvalue weighted by Gasteiger charge is 2.44. The number of carbonyl (C=O) groups excluding carboxylic acids is 1. The normalized spacial score (nSPS) is 21.3. The minimum absolute atomic E-state index is 0.0329. The van der Waals surface area contributed by atoms with Crippen molar-refractivity contribution in [2.45, 2.75) is 71.0 Å². The number of ether oxygens (including phenoxy) is 2. The summed E-state index contributed by atoms with van der Waals surface area (Å²) in [5.74, 6) is 0.623. The lowest BCUT2D eigenvalue weighted by Crippen LogP contribution is -2.35. The van der Waals surface area contributed by atoms with E-state index in [9.17, 15) is 36.2 Å². The molecular weight excluding hydrogens is 552 g/mol. The molecular formula is C30H33F6NO4. The summed E-state index contributed by atoms with van der Waals surface area (Å²) < 4.78 is 91.9. The van der Waals surface area contributed by atoms with Crippen molar-refractivity contribution in [2.75, 3.05) is 20.3 Å². The number of aliphatic hydroxyl groups is 1. The molecule has 1 aliphatic carbocycles. The minimum atomic E-state index is -5.02. The van der Waals surface area contributed by atoms with Gasteiger partial charge in [0, 0.05) is 18.7 Å². The maximum atomic E-state index is 13.5. The van der Waals surface area contributed by atoms with Gasteiger partial charge in [-0.25, -0.2) is 4.79 Å².